The smallest absolute Gasteiger partial charge is 0.339 e. The number of thiol groups is 1. The average molecular weight is 317 g/mol. The van der Waals surface area contributed by atoms with Crippen LogP contribution < -0.4 is 0 Å². The van der Waals surface area contributed by atoms with Crippen molar-refractivity contribution in [2.24, 2.45) is 5.92 Å². The molecule has 0 bridgehead atoms. The van der Waals surface area contributed by atoms with Crippen LogP contribution in [0.15, 0.2) is 27.6 Å². The van der Waals surface area contributed by atoms with E-state index in [2.05, 4.69) is 28.6 Å². The van der Waals surface area contributed by atoms with Gasteiger partial charge in [-0.15, -0.1) is 12.6 Å². The van der Waals surface area contributed by atoms with Crippen LogP contribution in [0.3, 0.4) is 0 Å². The van der Waals surface area contributed by atoms with E-state index in [4.69, 9.17) is 9.47 Å². The van der Waals surface area contributed by atoms with E-state index in [9.17, 15) is 4.79 Å². The SMILES string of the molecule is O=C(OCC1CCOC1)c1cc(S)ccc1Br. The minimum Gasteiger partial charge on any atom is -0.462 e. The highest BCUT2D eigenvalue weighted by atomic mass is 79.9. The lowest BCUT2D eigenvalue weighted by atomic mass is 10.1. The van der Waals surface area contributed by atoms with Gasteiger partial charge in [0.15, 0.2) is 0 Å². The fraction of sp³-hybridized carbons (Fsp3) is 0.417. The summed E-state index contributed by atoms with van der Waals surface area (Å²) in [6, 6.07) is 5.30. The molecule has 0 N–H and O–H groups in total. The summed E-state index contributed by atoms with van der Waals surface area (Å²) < 4.78 is 11.2. The average Bonchev–Trinajstić information content (AvgIpc) is 2.82. The Labute approximate surface area is 114 Å². The number of esters is 1. The molecule has 0 aliphatic carbocycles. The number of benzene rings is 1. The van der Waals surface area contributed by atoms with Gasteiger partial charge < -0.3 is 9.47 Å². The molecule has 1 unspecified atom stereocenters. The van der Waals surface area contributed by atoms with Gasteiger partial charge in [0.1, 0.15) is 0 Å². The predicted molar refractivity (Wildman–Crippen MR) is 70.6 cm³/mol. The van der Waals surface area contributed by atoms with Crippen molar-refractivity contribution in [2.75, 3.05) is 19.8 Å². The molecule has 1 fully saturated rings. The van der Waals surface area contributed by atoms with Crippen molar-refractivity contribution in [3.63, 3.8) is 0 Å². The predicted octanol–water partition coefficient (Wildman–Crippen LogP) is 2.93. The topological polar surface area (TPSA) is 35.5 Å². The van der Waals surface area contributed by atoms with Crippen LogP contribution in [-0.2, 0) is 9.47 Å². The van der Waals surface area contributed by atoms with Crippen molar-refractivity contribution in [1.82, 2.24) is 0 Å². The summed E-state index contributed by atoms with van der Waals surface area (Å²) in [5, 5.41) is 0. The standard InChI is InChI=1S/C12H13BrO3S/c13-11-2-1-9(17)5-10(11)12(14)16-7-8-3-4-15-6-8/h1-2,5,8,17H,3-4,6-7H2. The van der Waals surface area contributed by atoms with E-state index in [0.29, 0.717) is 24.7 Å². The molecule has 0 radical (unpaired) electrons. The van der Waals surface area contributed by atoms with Gasteiger partial charge in [0, 0.05) is 21.9 Å². The van der Waals surface area contributed by atoms with Gasteiger partial charge >= 0.3 is 5.97 Å². The third kappa shape index (κ3) is 3.47. The summed E-state index contributed by atoms with van der Waals surface area (Å²) in [5.74, 6) is 0.0107. The first-order valence-corrected chi connectivity index (χ1v) is 6.64. The zero-order valence-corrected chi connectivity index (χ0v) is 11.7. The van der Waals surface area contributed by atoms with Gasteiger partial charge in [-0.1, -0.05) is 0 Å². The van der Waals surface area contributed by atoms with Crippen LogP contribution in [0.25, 0.3) is 0 Å². The van der Waals surface area contributed by atoms with Crippen LogP contribution in [0, 0.1) is 5.92 Å². The van der Waals surface area contributed by atoms with E-state index in [-0.39, 0.29) is 5.97 Å². The Morgan fingerprint density at radius 3 is 3.12 bits per heavy atom. The molecule has 0 saturated carbocycles. The van der Waals surface area contributed by atoms with E-state index in [1.165, 1.54) is 0 Å². The second kappa shape index (κ2) is 5.89. The zero-order valence-electron chi connectivity index (χ0n) is 9.19. The van der Waals surface area contributed by atoms with Crippen molar-refractivity contribution in [3.05, 3.63) is 28.2 Å². The van der Waals surface area contributed by atoms with Gasteiger partial charge in [-0.25, -0.2) is 4.79 Å². The molecular formula is C12H13BrO3S. The highest BCUT2D eigenvalue weighted by Crippen LogP contribution is 2.22. The molecule has 92 valence electrons. The lowest BCUT2D eigenvalue weighted by Gasteiger charge is -2.10. The van der Waals surface area contributed by atoms with Crippen molar-refractivity contribution < 1.29 is 14.3 Å². The quantitative estimate of drug-likeness (QED) is 0.688. The van der Waals surface area contributed by atoms with E-state index >= 15 is 0 Å². The van der Waals surface area contributed by atoms with Gasteiger partial charge in [-0.3, -0.25) is 0 Å². The molecule has 17 heavy (non-hydrogen) atoms. The maximum absolute atomic E-state index is 11.8. The molecule has 5 heteroatoms. The number of hydrogen-bond donors (Lipinski definition) is 1. The highest BCUT2D eigenvalue weighted by molar-refractivity contribution is 9.10. The Balaban J connectivity index is 1.96. The van der Waals surface area contributed by atoms with Crippen molar-refractivity contribution in [3.8, 4) is 0 Å². The molecule has 1 aromatic carbocycles. The van der Waals surface area contributed by atoms with Crippen LogP contribution in [0.5, 0.6) is 0 Å². The lowest BCUT2D eigenvalue weighted by molar-refractivity contribution is 0.0427. The second-order valence-corrected chi connectivity index (χ2v) is 5.36. The third-order valence-electron chi connectivity index (χ3n) is 2.64. The monoisotopic (exact) mass is 316 g/mol. The molecule has 0 spiro atoms. The number of hydrogen-bond acceptors (Lipinski definition) is 4. The van der Waals surface area contributed by atoms with Crippen molar-refractivity contribution in [2.45, 2.75) is 11.3 Å². The molecule has 1 aliphatic rings. The number of ether oxygens (including phenoxy) is 2. The number of carbonyl (C=O) groups excluding carboxylic acids is 1. The summed E-state index contributed by atoms with van der Waals surface area (Å²) in [4.78, 5) is 12.6. The Bertz CT molecular complexity index is 416. The minimum atomic E-state index is -0.320. The van der Waals surface area contributed by atoms with E-state index in [1.807, 2.05) is 6.07 Å². The first-order valence-electron chi connectivity index (χ1n) is 5.40. The summed E-state index contributed by atoms with van der Waals surface area (Å²) in [6.07, 6.45) is 0.959. The van der Waals surface area contributed by atoms with Gasteiger partial charge in [-0.05, 0) is 40.5 Å². The van der Waals surface area contributed by atoms with E-state index < -0.39 is 0 Å². The Morgan fingerprint density at radius 2 is 2.41 bits per heavy atom. The summed E-state index contributed by atoms with van der Waals surface area (Å²) in [7, 11) is 0. The summed E-state index contributed by atoms with van der Waals surface area (Å²) >= 11 is 7.53. The van der Waals surface area contributed by atoms with Crippen LogP contribution >= 0.6 is 28.6 Å². The molecular weight excluding hydrogens is 304 g/mol. The molecule has 2 rings (SSSR count). The summed E-state index contributed by atoms with van der Waals surface area (Å²) in [6.45, 7) is 1.86. The molecule has 1 aromatic rings. The fourth-order valence-electron chi connectivity index (χ4n) is 1.66. The van der Waals surface area contributed by atoms with Gasteiger partial charge in [0.25, 0.3) is 0 Å². The number of carbonyl (C=O) groups is 1. The molecule has 1 heterocycles. The first kappa shape index (κ1) is 12.9. The third-order valence-corrected chi connectivity index (χ3v) is 3.61. The molecule has 0 amide bonds. The Kier molecular flexibility index (Phi) is 4.48. The van der Waals surface area contributed by atoms with Crippen LogP contribution in [0.4, 0.5) is 0 Å². The maximum atomic E-state index is 11.8. The van der Waals surface area contributed by atoms with E-state index in [1.54, 1.807) is 12.1 Å². The van der Waals surface area contributed by atoms with Crippen molar-refractivity contribution >= 4 is 34.5 Å². The Morgan fingerprint density at radius 1 is 1.59 bits per heavy atom. The molecule has 1 saturated heterocycles. The lowest BCUT2D eigenvalue weighted by Crippen LogP contribution is -2.14. The van der Waals surface area contributed by atoms with Gasteiger partial charge in [-0.2, -0.15) is 0 Å². The molecule has 3 nitrogen and oxygen atoms in total. The number of rotatable bonds is 3. The molecule has 0 aromatic heterocycles. The van der Waals surface area contributed by atoms with Crippen molar-refractivity contribution in [1.29, 1.82) is 0 Å². The van der Waals surface area contributed by atoms with Gasteiger partial charge in [0.2, 0.25) is 0 Å². The number of halogens is 1. The van der Waals surface area contributed by atoms with Crippen LogP contribution in [0.2, 0.25) is 0 Å². The minimum absolute atomic E-state index is 0.320. The molecule has 1 atom stereocenters. The summed E-state index contributed by atoms with van der Waals surface area (Å²) in [5.41, 5.74) is 0.511. The van der Waals surface area contributed by atoms with Gasteiger partial charge in [0.05, 0.1) is 18.8 Å². The van der Waals surface area contributed by atoms with E-state index in [0.717, 1.165) is 22.4 Å². The highest BCUT2D eigenvalue weighted by Gasteiger charge is 2.19. The first-order chi connectivity index (χ1) is 8.16. The largest absolute Gasteiger partial charge is 0.462 e. The van der Waals surface area contributed by atoms with Crippen LogP contribution in [-0.4, -0.2) is 25.8 Å². The normalized spacial score (nSPS) is 19.3. The second-order valence-electron chi connectivity index (χ2n) is 3.99. The zero-order chi connectivity index (χ0) is 12.3. The maximum Gasteiger partial charge on any atom is 0.339 e. The Hall–Kier alpha value is -0.520. The molecule has 1 aliphatic heterocycles. The fourth-order valence-corrected chi connectivity index (χ4v) is 2.27. The van der Waals surface area contributed by atoms with Crippen LogP contribution in [0.1, 0.15) is 16.8 Å².